The van der Waals surface area contributed by atoms with Gasteiger partial charge in [-0.15, -0.1) is 0 Å². The first-order valence-corrected chi connectivity index (χ1v) is 9.61. The molecule has 2 aromatic rings. The Morgan fingerprint density at radius 2 is 1.85 bits per heavy atom. The third kappa shape index (κ3) is 5.32. The lowest BCUT2D eigenvalue weighted by Crippen LogP contribution is -2.30. The maximum atomic E-state index is 12.5. The number of carbonyl (C=O) groups is 2. The van der Waals surface area contributed by atoms with Crippen LogP contribution in [0.5, 0.6) is 5.75 Å². The molecule has 1 amide bonds. The summed E-state index contributed by atoms with van der Waals surface area (Å²) in [7, 11) is 1.52. The highest BCUT2D eigenvalue weighted by Crippen LogP contribution is 2.27. The Morgan fingerprint density at radius 3 is 2.52 bits per heavy atom. The van der Waals surface area contributed by atoms with E-state index in [2.05, 4.69) is 35.1 Å². The van der Waals surface area contributed by atoms with Gasteiger partial charge in [0.1, 0.15) is 5.75 Å². The van der Waals surface area contributed by atoms with Crippen molar-refractivity contribution in [2.75, 3.05) is 12.4 Å². The van der Waals surface area contributed by atoms with Crippen LogP contribution in [-0.2, 0) is 9.53 Å². The van der Waals surface area contributed by atoms with E-state index in [4.69, 9.17) is 9.47 Å². The van der Waals surface area contributed by atoms with E-state index >= 15 is 0 Å². The normalized spacial score (nSPS) is 12.8. The Morgan fingerprint density at radius 1 is 1.15 bits per heavy atom. The molecular formula is C21H24BrNO4. The molecule has 2 rings (SSSR count). The first-order valence-electron chi connectivity index (χ1n) is 8.81. The van der Waals surface area contributed by atoms with E-state index in [0.717, 1.165) is 17.7 Å². The number of rotatable bonds is 7. The fourth-order valence-electron chi connectivity index (χ4n) is 2.56. The van der Waals surface area contributed by atoms with Gasteiger partial charge < -0.3 is 14.8 Å². The lowest BCUT2D eigenvalue weighted by Gasteiger charge is -2.18. The molecule has 0 radical (unpaired) electrons. The van der Waals surface area contributed by atoms with Crippen molar-refractivity contribution in [3.63, 3.8) is 0 Å². The summed E-state index contributed by atoms with van der Waals surface area (Å²) in [6, 6.07) is 12.6. The van der Waals surface area contributed by atoms with Crippen LogP contribution in [0.15, 0.2) is 46.9 Å². The molecule has 0 aromatic heterocycles. The predicted molar refractivity (Wildman–Crippen MR) is 109 cm³/mol. The largest absolute Gasteiger partial charge is 0.497 e. The summed E-state index contributed by atoms with van der Waals surface area (Å²) in [6.45, 7) is 5.75. The first kappa shape index (κ1) is 21.0. The first-order chi connectivity index (χ1) is 12.9. The summed E-state index contributed by atoms with van der Waals surface area (Å²) < 4.78 is 11.0. The summed E-state index contributed by atoms with van der Waals surface area (Å²) in [5.41, 5.74) is 2.10. The van der Waals surface area contributed by atoms with E-state index in [1.165, 1.54) is 7.11 Å². The van der Waals surface area contributed by atoms with Crippen LogP contribution in [0.3, 0.4) is 0 Å². The molecule has 6 heteroatoms. The van der Waals surface area contributed by atoms with E-state index in [-0.39, 0.29) is 5.91 Å². The second-order valence-electron chi connectivity index (χ2n) is 6.28. The molecule has 27 heavy (non-hydrogen) atoms. The number of hydrogen-bond acceptors (Lipinski definition) is 4. The van der Waals surface area contributed by atoms with Crippen molar-refractivity contribution in [3.05, 3.63) is 58.1 Å². The number of halogens is 1. The number of nitrogens with one attached hydrogen (secondary N) is 1. The van der Waals surface area contributed by atoms with E-state index in [1.54, 1.807) is 25.1 Å². The van der Waals surface area contributed by atoms with Crippen molar-refractivity contribution in [1.82, 2.24) is 0 Å². The highest BCUT2D eigenvalue weighted by molar-refractivity contribution is 9.10. The standard InChI is InChI=1S/C21H24BrNO4/c1-5-13(2)16-8-6-7-9-19(16)23-20(24)14(3)27-21(25)17-12-15(26-4)10-11-18(17)22/h6-14H,5H2,1-4H3,(H,23,24). The monoisotopic (exact) mass is 433 g/mol. The van der Waals surface area contributed by atoms with Gasteiger partial charge in [0.2, 0.25) is 0 Å². The number of methoxy groups -OCH3 is 1. The van der Waals surface area contributed by atoms with Crippen molar-refractivity contribution in [2.45, 2.75) is 39.2 Å². The van der Waals surface area contributed by atoms with Crippen LogP contribution < -0.4 is 10.1 Å². The van der Waals surface area contributed by atoms with Gasteiger partial charge in [-0.2, -0.15) is 0 Å². The Bertz CT molecular complexity index is 822. The van der Waals surface area contributed by atoms with Crippen molar-refractivity contribution in [3.8, 4) is 5.75 Å². The Balaban J connectivity index is 2.09. The van der Waals surface area contributed by atoms with Gasteiger partial charge in [-0.3, -0.25) is 4.79 Å². The van der Waals surface area contributed by atoms with Gasteiger partial charge in [0.25, 0.3) is 5.91 Å². The zero-order valence-electron chi connectivity index (χ0n) is 15.9. The number of amides is 1. The number of para-hydroxylation sites is 1. The lowest BCUT2D eigenvalue weighted by molar-refractivity contribution is -0.123. The molecule has 0 saturated carbocycles. The minimum atomic E-state index is -0.944. The van der Waals surface area contributed by atoms with Crippen molar-refractivity contribution >= 4 is 33.5 Å². The molecule has 0 aliphatic heterocycles. The molecule has 144 valence electrons. The Labute approximate surface area is 168 Å². The van der Waals surface area contributed by atoms with Gasteiger partial charge in [0.05, 0.1) is 12.7 Å². The maximum Gasteiger partial charge on any atom is 0.340 e. The number of anilines is 1. The van der Waals surface area contributed by atoms with E-state index in [9.17, 15) is 9.59 Å². The maximum absolute atomic E-state index is 12.5. The number of benzene rings is 2. The zero-order chi connectivity index (χ0) is 20.0. The molecule has 0 aliphatic carbocycles. The average Bonchev–Trinajstić information content (AvgIpc) is 2.67. The highest BCUT2D eigenvalue weighted by atomic mass is 79.9. The zero-order valence-corrected chi connectivity index (χ0v) is 17.5. The molecule has 0 fully saturated rings. The Hall–Kier alpha value is -2.34. The van der Waals surface area contributed by atoms with Crippen LogP contribution in [0.25, 0.3) is 0 Å². The number of ether oxygens (including phenoxy) is 2. The fourth-order valence-corrected chi connectivity index (χ4v) is 2.97. The van der Waals surface area contributed by atoms with Gasteiger partial charge in [-0.1, -0.05) is 32.0 Å². The van der Waals surface area contributed by atoms with Gasteiger partial charge >= 0.3 is 5.97 Å². The van der Waals surface area contributed by atoms with Gasteiger partial charge in [0.15, 0.2) is 6.10 Å². The quantitative estimate of drug-likeness (QED) is 0.612. The Kier molecular flexibility index (Phi) is 7.42. The summed E-state index contributed by atoms with van der Waals surface area (Å²) in [5, 5.41) is 2.87. The molecule has 2 atom stereocenters. The smallest absolute Gasteiger partial charge is 0.340 e. The molecule has 5 nitrogen and oxygen atoms in total. The molecule has 2 unspecified atom stereocenters. The summed E-state index contributed by atoms with van der Waals surface area (Å²) in [4.78, 5) is 25.0. The average molecular weight is 434 g/mol. The van der Waals surface area contributed by atoms with Crippen LogP contribution in [0.1, 0.15) is 49.0 Å². The molecule has 0 aliphatic rings. The van der Waals surface area contributed by atoms with E-state index in [0.29, 0.717) is 21.7 Å². The van der Waals surface area contributed by atoms with Crippen LogP contribution >= 0.6 is 15.9 Å². The second kappa shape index (κ2) is 9.55. The molecule has 0 bridgehead atoms. The van der Waals surface area contributed by atoms with Crippen molar-refractivity contribution < 1.29 is 19.1 Å². The van der Waals surface area contributed by atoms with Crippen LogP contribution in [-0.4, -0.2) is 25.1 Å². The molecule has 0 heterocycles. The molecule has 0 spiro atoms. The van der Waals surface area contributed by atoms with Crippen LogP contribution in [0.2, 0.25) is 0 Å². The van der Waals surface area contributed by atoms with Crippen LogP contribution in [0, 0.1) is 0 Å². The third-order valence-corrected chi connectivity index (χ3v) is 5.10. The highest BCUT2D eigenvalue weighted by Gasteiger charge is 2.22. The van der Waals surface area contributed by atoms with E-state index in [1.807, 2.05) is 24.3 Å². The third-order valence-electron chi connectivity index (χ3n) is 4.41. The van der Waals surface area contributed by atoms with Gasteiger partial charge in [-0.05, 0) is 65.0 Å². The lowest BCUT2D eigenvalue weighted by atomic mass is 9.97. The predicted octanol–water partition coefficient (Wildman–Crippen LogP) is 5.16. The summed E-state index contributed by atoms with van der Waals surface area (Å²) >= 11 is 3.32. The molecule has 1 N–H and O–H groups in total. The van der Waals surface area contributed by atoms with Gasteiger partial charge in [0, 0.05) is 10.2 Å². The molecular weight excluding hydrogens is 410 g/mol. The number of carbonyl (C=O) groups excluding carboxylic acids is 2. The molecule has 2 aromatic carbocycles. The molecule has 0 saturated heterocycles. The second-order valence-corrected chi connectivity index (χ2v) is 7.13. The SMILES string of the molecule is CCC(C)c1ccccc1NC(=O)C(C)OC(=O)c1cc(OC)ccc1Br. The summed E-state index contributed by atoms with van der Waals surface area (Å²) in [6.07, 6.45) is 0.0157. The van der Waals surface area contributed by atoms with Gasteiger partial charge in [-0.25, -0.2) is 4.79 Å². The van der Waals surface area contributed by atoms with Crippen molar-refractivity contribution in [1.29, 1.82) is 0 Å². The van der Waals surface area contributed by atoms with E-state index < -0.39 is 12.1 Å². The van der Waals surface area contributed by atoms with Crippen molar-refractivity contribution in [2.24, 2.45) is 0 Å². The minimum absolute atomic E-state index is 0.300. The number of hydrogen-bond donors (Lipinski definition) is 1. The number of esters is 1. The fraction of sp³-hybridized carbons (Fsp3) is 0.333. The topological polar surface area (TPSA) is 64.6 Å². The minimum Gasteiger partial charge on any atom is -0.497 e. The van der Waals surface area contributed by atoms with Crippen LogP contribution in [0.4, 0.5) is 5.69 Å². The summed E-state index contributed by atoms with van der Waals surface area (Å²) in [5.74, 6) is -0.131.